The number of rotatable bonds is 2. The molecular formula is C17H16N4. The predicted octanol–water partition coefficient (Wildman–Crippen LogP) is 3.22. The molecule has 0 fully saturated rings. The molecule has 0 unspecified atom stereocenters. The van der Waals surface area contributed by atoms with Gasteiger partial charge in [-0.05, 0) is 30.7 Å². The van der Waals surface area contributed by atoms with Crippen molar-refractivity contribution < 1.29 is 0 Å². The minimum atomic E-state index is 0.719. The van der Waals surface area contributed by atoms with E-state index in [-0.39, 0.29) is 0 Å². The SMILES string of the molecule is CNc1nc(-c2nccc3ccccc23)nc2c1CCC2. The van der Waals surface area contributed by atoms with Crippen LogP contribution in [0.1, 0.15) is 17.7 Å². The standard InChI is InChI=1S/C17H16N4/c1-18-16-13-7-4-8-14(13)20-17(21-16)15-12-6-3-2-5-11(12)9-10-19-15/h2-3,5-6,9-10H,4,7-8H2,1H3,(H,18,20,21). The summed E-state index contributed by atoms with van der Waals surface area (Å²) in [5.74, 6) is 1.67. The van der Waals surface area contributed by atoms with Crippen LogP contribution in [0.15, 0.2) is 36.5 Å². The van der Waals surface area contributed by atoms with Gasteiger partial charge in [0.1, 0.15) is 11.5 Å². The lowest BCUT2D eigenvalue weighted by molar-refractivity contribution is 0.900. The molecule has 4 nitrogen and oxygen atoms in total. The van der Waals surface area contributed by atoms with Crippen LogP contribution < -0.4 is 5.32 Å². The van der Waals surface area contributed by atoms with E-state index < -0.39 is 0 Å². The lowest BCUT2D eigenvalue weighted by Gasteiger charge is -2.10. The van der Waals surface area contributed by atoms with Crippen molar-refractivity contribution in [3.63, 3.8) is 0 Å². The Morgan fingerprint density at radius 2 is 1.95 bits per heavy atom. The number of aryl methyl sites for hydroxylation is 1. The number of pyridine rings is 1. The van der Waals surface area contributed by atoms with Crippen molar-refractivity contribution in [2.75, 3.05) is 12.4 Å². The summed E-state index contributed by atoms with van der Waals surface area (Å²) in [6, 6.07) is 10.2. The van der Waals surface area contributed by atoms with E-state index in [1.54, 1.807) is 0 Å². The van der Waals surface area contributed by atoms with Crippen LogP contribution in [0, 0.1) is 0 Å². The first-order chi connectivity index (χ1) is 10.4. The van der Waals surface area contributed by atoms with E-state index in [1.807, 2.05) is 31.4 Å². The number of nitrogens with one attached hydrogen (secondary N) is 1. The maximum atomic E-state index is 4.77. The number of hydrogen-bond acceptors (Lipinski definition) is 4. The van der Waals surface area contributed by atoms with Gasteiger partial charge in [-0.15, -0.1) is 0 Å². The molecule has 0 amide bonds. The Bertz CT molecular complexity index is 821. The Balaban J connectivity index is 1.97. The molecule has 2 heterocycles. The monoisotopic (exact) mass is 276 g/mol. The highest BCUT2D eigenvalue weighted by Gasteiger charge is 2.20. The summed E-state index contributed by atoms with van der Waals surface area (Å²) >= 11 is 0. The van der Waals surface area contributed by atoms with Gasteiger partial charge in [0.15, 0.2) is 5.82 Å². The smallest absolute Gasteiger partial charge is 0.181 e. The minimum Gasteiger partial charge on any atom is -0.373 e. The van der Waals surface area contributed by atoms with Crippen molar-refractivity contribution in [3.8, 4) is 11.5 Å². The van der Waals surface area contributed by atoms with Gasteiger partial charge in [0.25, 0.3) is 0 Å². The Kier molecular flexibility index (Phi) is 2.81. The summed E-state index contributed by atoms with van der Waals surface area (Å²) < 4.78 is 0. The van der Waals surface area contributed by atoms with Gasteiger partial charge in [-0.25, -0.2) is 9.97 Å². The first-order valence-electron chi connectivity index (χ1n) is 7.28. The van der Waals surface area contributed by atoms with Gasteiger partial charge in [-0.2, -0.15) is 0 Å². The molecule has 0 spiro atoms. The van der Waals surface area contributed by atoms with Crippen LogP contribution in [0.25, 0.3) is 22.3 Å². The number of aromatic nitrogens is 3. The van der Waals surface area contributed by atoms with Crippen molar-refractivity contribution in [1.29, 1.82) is 0 Å². The fraction of sp³-hybridized carbons (Fsp3) is 0.235. The second-order valence-electron chi connectivity index (χ2n) is 5.31. The van der Waals surface area contributed by atoms with E-state index in [2.05, 4.69) is 22.4 Å². The third kappa shape index (κ3) is 1.95. The third-order valence-corrected chi connectivity index (χ3v) is 4.06. The van der Waals surface area contributed by atoms with Gasteiger partial charge in [0.05, 0.1) is 0 Å². The van der Waals surface area contributed by atoms with Crippen molar-refractivity contribution in [1.82, 2.24) is 15.0 Å². The predicted molar refractivity (Wildman–Crippen MR) is 84.3 cm³/mol. The largest absolute Gasteiger partial charge is 0.373 e. The highest BCUT2D eigenvalue weighted by molar-refractivity contribution is 5.93. The minimum absolute atomic E-state index is 0.719. The van der Waals surface area contributed by atoms with Crippen LogP contribution in [0.4, 0.5) is 5.82 Å². The average molecular weight is 276 g/mol. The Morgan fingerprint density at radius 3 is 2.86 bits per heavy atom. The average Bonchev–Trinajstić information content (AvgIpc) is 3.02. The van der Waals surface area contributed by atoms with E-state index in [4.69, 9.17) is 9.97 Å². The van der Waals surface area contributed by atoms with Gasteiger partial charge in [-0.3, -0.25) is 4.98 Å². The summed E-state index contributed by atoms with van der Waals surface area (Å²) in [7, 11) is 1.92. The van der Waals surface area contributed by atoms with Crippen molar-refractivity contribution >= 4 is 16.6 Å². The summed E-state index contributed by atoms with van der Waals surface area (Å²) in [6.45, 7) is 0. The number of benzene rings is 1. The molecule has 21 heavy (non-hydrogen) atoms. The van der Waals surface area contributed by atoms with Crippen molar-refractivity contribution in [3.05, 3.63) is 47.8 Å². The maximum Gasteiger partial charge on any atom is 0.181 e. The van der Waals surface area contributed by atoms with E-state index in [0.29, 0.717) is 0 Å². The number of nitrogens with zero attached hydrogens (tertiary/aromatic N) is 3. The Labute approximate surface area is 123 Å². The quantitative estimate of drug-likeness (QED) is 0.780. The van der Waals surface area contributed by atoms with E-state index in [9.17, 15) is 0 Å². The number of fused-ring (bicyclic) bond motifs is 2. The third-order valence-electron chi connectivity index (χ3n) is 4.06. The normalized spacial score (nSPS) is 13.4. The molecule has 3 aromatic rings. The van der Waals surface area contributed by atoms with Gasteiger partial charge >= 0.3 is 0 Å². The van der Waals surface area contributed by atoms with E-state index in [0.717, 1.165) is 47.4 Å². The zero-order valence-corrected chi connectivity index (χ0v) is 11.9. The topological polar surface area (TPSA) is 50.7 Å². The lowest BCUT2D eigenvalue weighted by Crippen LogP contribution is -2.04. The Hall–Kier alpha value is -2.49. The van der Waals surface area contributed by atoms with Gasteiger partial charge in [-0.1, -0.05) is 24.3 Å². The van der Waals surface area contributed by atoms with Crippen molar-refractivity contribution in [2.24, 2.45) is 0 Å². The van der Waals surface area contributed by atoms with Crippen molar-refractivity contribution in [2.45, 2.75) is 19.3 Å². The molecule has 0 saturated heterocycles. The zero-order chi connectivity index (χ0) is 14.2. The molecule has 4 heteroatoms. The van der Waals surface area contributed by atoms with Crippen LogP contribution >= 0.6 is 0 Å². The zero-order valence-electron chi connectivity index (χ0n) is 11.9. The summed E-state index contributed by atoms with van der Waals surface area (Å²) in [5, 5.41) is 5.47. The van der Waals surface area contributed by atoms with Gasteiger partial charge < -0.3 is 5.32 Å². The molecule has 4 rings (SSSR count). The molecule has 1 aliphatic rings. The molecule has 1 aromatic carbocycles. The molecular weight excluding hydrogens is 260 g/mol. The van der Waals surface area contributed by atoms with Crippen LogP contribution in [0.5, 0.6) is 0 Å². The summed E-state index contributed by atoms with van der Waals surface area (Å²) in [4.78, 5) is 14.0. The molecule has 1 aliphatic carbocycles. The summed E-state index contributed by atoms with van der Waals surface area (Å²) in [5.41, 5.74) is 3.29. The maximum absolute atomic E-state index is 4.77. The molecule has 104 valence electrons. The molecule has 2 aromatic heterocycles. The molecule has 0 radical (unpaired) electrons. The van der Waals surface area contributed by atoms with Gasteiger partial charge in [0.2, 0.25) is 0 Å². The number of anilines is 1. The van der Waals surface area contributed by atoms with Crippen LogP contribution in [0.3, 0.4) is 0 Å². The Morgan fingerprint density at radius 1 is 1.05 bits per heavy atom. The fourth-order valence-corrected chi connectivity index (χ4v) is 3.04. The molecule has 1 N–H and O–H groups in total. The second-order valence-corrected chi connectivity index (χ2v) is 5.31. The first-order valence-corrected chi connectivity index (χ1v) is 7.28. The van der Waals surface area contributed by atoms with E-state index >= 15 is 0 Å². The van der Waals surface area contributed by atoms with Crippen LogP contribution in [-0.4, -0.2) is 22.0 Å². The molecule has 0 saturated carbocycles. The first kappa shape index (κ1) is 12.3. The van der Waals surface area contributed by atoms with E-state index in [1.165, 1.54) is 11.3 Å². The number of hydrogen-bond donors (Lipinski definition) is 1. The summed E-state index contributed by atoms with van der Waals surface area (Å²) in [6.07, 6.45) is 5.08. The lowest BCUT2D eigenvalue weighted by atomic mass is 10.1. The molecule has 0 atom stereocenters. The van der Waals surface area contributed by atoms with Crippen LogP contribution in [0.2, 0.25) is 0 Å². The molecule has 0 aliphatic heterocycles. The van der Waals surface area contributed by atoms with Gasteiger partial charge in [0, 0.05) is 29.9 Å². The highest BCUT2D eigenvalue weighted by Crippen LogP contribution is 2.30. The second kappa shape index (κ2) is 4.81. The highest BCUT2D eigenvalue weighted by atomic mass is 15.0. The fourth-order valence-electron chi connectivity index (χ4n) is 3.04. The van der Waals surface area contributed by atoms with Crippen LogP contribution in [-0.2, 0) is 12.8 Å². The molecule has 0 bridgehead atoms.